The van der Waals surface area contributed by atoms with Crippen molar-refractivity contribution in [3.63, 3.8) is 0 Å². The fourth-order valence-corrected chi connectivity index (χ4v) is 5.08. The van der Waals surface area contributed by atoms with Crippen molar-refractivity contribution in [3.8, 4) is 11.5 Å². The summed E-state index contributed by atoms with van der Waals surface area (Å²) in [5.74, 6) is 0.863. The van der Waals surface area contributed by atoms with E-state index in [0.29, 0.717) is 23.5 Å². The minimum Gasteiger partial charge on any atom is -0.496 e. The SMILES string of the molecule is COc1ccc(S(=O)(=O)N(CCc2ccccc2)CC(=O)NCc2ccccc2OC)cc1C. The van der Waals surface area contributed by atoms with Crippen LogP contribution in [-0.2, 0) is 27.8 Å². The monoisotopic (exact) mass is 482 g/mol. The van der Waals surface area contributed by atoms with E-state index in [0.717, 1.165) is 11.1 Å². The maximum Gasteiger partial charge on any atom is 0.243 e. The topological polar surface area (TPSA) is 84.9 Å². The third-order valence-corrected chi connectivity index (χ3v) is 7.33. The number of aryl methyl sites for hydroxylation is 1. The average molecular weight is 483 g/mol. The van der Waals surface area contributed by atoms with Crippen LogP contribution >= 0.6 is 0 Å². The molecule has 0 heterocycles. The molecule has 0 aliphatic rings. The van der Waals surface area contributed by atoms with Crippen molar-refractivity contribution in [2.24, 2.45) is 0 Å². The van der Waals surface area contributed by atoms with Crippen LogP contribution in [0.4, 0.5) is 0 Å². The molecule has 7 nitrogen and oxygen atoms in total. The third-order valence-electron chi connectivity index (χ3n) is 5.49. The van der Waals surface area contributed by atoms with Gasteiger partial charge in [-0.25, -0.2) is 8.42 Å². The number of sulfonamides is 1. The predicted molar refractivity (Wildman–Crippen MR) is 131 cm³/mol. The maximum atomic E-state index is 13.5. The molecule has 180 valence electrons. The number of nitrogens with one attached hydrogen (secondary N) is 1. The highest BCUT2D eigenvalue weighted by atomic mass is 32.2. The number of amides is 1. The number of carbonyl (C=O) groups is 1. The molecule has 0 aliphatic heterocycles. The lowest BCUT2D eigenvalue weighted by molar-refractivity contribution is -0.121. The summed E-state index contributed by atoms with van der Waals surface area (Å²) in [6, 6.07) is 21.6. The van der Waals surface area contributed by atoms with Crippen molar-refractivity contribution in [2.75, 3.05) is 27.3 Å². The Labute approximate surface area is 201 Å². The lowest BCUT2D eigenvalue weighted by Gasteiger charge is -2.22. The molecular weight excluding hydrogens is 452 g/mol. The normalized spacial score (nSPS) is 11.3. The Morgan fingerprint density at radius 1 is 0.912 bits per heavy atom. The largest absolute Gasteiger partial charge is 0.496 e. The van der Waals surface area contributed by atoms with Crippen LogP contribution in [0.25, 0.3) is 0 Å². The van der Waals surface area contributed by atoms with Crippen molar-refractivity contribution in [1.29, 1.82) is 0 Å². The summed E-state index contributed by atoms with van der Waals surface area (Å²) < 4.78 is 38.8. The van der Waals surface area contributed by atoms with E-state index in [1.807, 2.05) is 54.6 Å². The molecule has 0 saturated carbocycles. The minimum atomic E-state index is -3.92. The molecule has 0 unspecified atom stereocenters. The highest BCUT2D eigenvalue weighted by molar-refractivity contribution is 7.89. The molecule has 8 heteroatoms. The van der Waals surface area contributed by atoms with Crippen molar-refractivity contribution in [1.82, 2.24) is 9.62 Å². The molecule has 0 fully saturated rings. The van der Waals surface area contributed by atoms with Gasteiger partial charge < -0.3 is 14.8 Å². The van der Waals surface area contributed by atoms with E-state index in [9.17, 15) is 13.2 Å². The van der Waals surface area contributed by atoms with Crippen LogP contribution in [0.2, 0.25) is 0 Å². The zero-order valence-corrected chi connectivity index (χ0v) is 20.5. The van der Waals surface area contributed by atoms with Gasteiger partial charge in [-0.15, -0.1) is 0 Å². The van der Waals surface area contributed by atoms with Gasteiger partial charge in [0.25, 0.3) is 0 Å². The van der Waals surface area contributed by atoms with Gasteiger partial charge in [-0.3, -0.25) is 4.79 Å². The first-order valence-electron chi connectivity index (χ1n) is 10.9. The van der Waals surface area contributed by atoms with Crippen molar-refractivity contribution in [2.45, 2.75) is 24.8 Å². The number of hydrogen-bond donors (Lipinski definition) is 1. The Morgan fingerprint density at radius 2 is 1.59 bits per heavy atom. The first-order valence-corrected chi connectivity index (χ1v) is 12.4. The van der Waals surface area contributed by atoms with Crippen LogP contribution < -0.4 is 14.8 Å². The highest BCUT2D eigenvalue weighted by Gasteiger charge is 2.27. The summed E-state index contributed by atoms with van der Waals surface area (Å²) in [6.45, 7) is 1.89. The average Bonchev–Trinajstić information content (AvgIpc) is 2.85. The number of ether oxygens (including phenoxy) is 2. The molecule has 3 rings (SSSR count). The molecule has 0 radical (unpaired) electrons. The summed E-state index contributed by atoms with van der Waals surface area (Å²) in [5.41, 5.74) is 2.50. The number of hydrogen-bond acceptors (Lipinski definition) is 5. The zero-order chi connectivity index (χ0) is 24.6. The van der Waals surface area contributed by atoms with Gasteiger partial charge in [0.2, 0.25) is 15.9 Å². The molecule has 0 saturated heterocycles. The maximum absolute atomic E-state index is 13.5. The van der Waals surface area contributed by atoms with Gasteiger partial charge in [0, 0.05) is 18.7 Å². The standard InChI is InChI=1S/C26H30N2O5S/c1-20-17-23(13-14-24(20)32-2)34(30,31)28(16-15-21-9-5-4-6-10-21)19-26(29)27-18-22-11-7-8-12-25(22)33-3/h4-14,17H,15-16,18-19H2,1-3H3,(H,27,29). The van der Waals surface area contributed by atoms with Gasteiger partial charge in [-0.05, 0) is 48.7 Å². The van der Waals surface area contributed by atoms with Crippen molar-refractivity contribution in [3.05, 3.63) is 89.5 Å². The Bertz CT molecular complexity index is 1210. The van der Waals surface area contributed by atoms with E-state index in [2.05, 4.69) is 5.32 Å². The van der Waals surface area contributed by atoms with E-state index in [-0.39, 0.29) is 24.5 Å². The second-order valence-corrected chi connectivity index (χ2v) is 9.73. The fourth-order valence-electron chi connectivity index (χ4n) is 3.60. The summed E-state index contributed by atoms with van der Waals surface area (Å²) in [4.78, 5) is 12.9. The predicted octanol–water partition coefficient (Wildman–Crippen LogP) is 3.56. The number of nitrogens with zero attached hydrogens (tertiary/aromatic N) is 1. The molecule has 1 amide bonds. The number of methoxy groups -OCH3 is 2. The van der Waals surface area contributed by atoms with Crippen LogP contribution in [0.5, 0.6) is 11.5 Å². The number of rotatable bonds is 11. The molecule has 3 aromatic carbocycles. The first kappa shape index (κ1) is 25.3. The van der Waals surface area contributed by atoms with E-state index in [1.54, 1.807) is 26.2 Å². The molecule has 34 heavy (non-hydrogen) atoms. The second-order valence-electron chi connectivity index (χ2n) is 7.79. The molecule has 0 atom stereocenters. The van der Waals surface area contributed by atoms with E-state index in [4.69, 9.17) is 9.47 Å². The van der Waals surface area contributed by atoms with Crippen molar-refractivity contribution >= 4 is 15.9 Å². The van der Waals surface area contributed by atoms with E-state index >= 15 is 0 Å². The van der Waals surface area contributed by atoms with Crippen LogP contribution in [0.3, 0.4) is 0 Å². The molecule has 0 bridgehead atoms. The molecular formula is C26H30N2O5S. The molecule has 0 aromatic heterocycles. The smallest absolute Gasteiger partial charge is 0.243 e. The minimum absolute atomic E-state index is 0.122. The van der Waals surface area contributed by atoms with E-state index in [1.165, 1.54) is 17.5 Å². The summed E-state index contributed by atoms with van der Waals surface area (Å²) in [7, 11) is -0.816. The highest BCUT2D eigenvalue weighted by Crippen LogP contribution is 2.24. The van der Waals surface area contributed by atoms with Gasteiger partial charge in [0.1, 0.15) is 11.5 Å². The van der Waals surface area contributed by atoms with Gasteiger partial charge in [-0.2, -0.15) is 4.31 Å². The van der Waals surface area contributed by atoms with Crippen LogP contribution in [0.15, 0.2) is 77.7 Å². The summed E-state index contributed by atoms with van der Waals surface area (Å²) in [6.07, 6.45) is 0.481. The summed E-state index contributed by atoms with van der Waals surface area (Å²) in [5, 5.41) is 2.81. The fraction of sp³-hybridized carbons (Fsp3) is 0.269. The van der Waals surface area contributed by atoms with Gasteiger partial charge in [-0.1, -0.05) is 48.5 Å². The van der Waals surface area contributed by atoms with Gasteiger partial charge in [0.05, 0.1) is 25.7 Å². The number of para-hydroxylation sites is 1. The molecule has 0 spiro atoms. The Morgan fingerprint density at radius 3 is 2.26 bits per heavy atom. The second kappa shape index (κ2) is 11.7. The van der Waals surface area contributed by atoms with Gasteiger partial charge in [0.15, 0.2) is 0 Å². The van der Waals surface area contributed by atoms with E-state index < -0.39 is 15.9 Å². The molecule has 3 aromatic rings. The quantitative estimate of drug-likeness (QED) is 0.452. The first-order chi connectivity index (χ1) is 16.3. The van der Waals surface area contributed by atoms with Crippen LogP contribution in [-0.4, -0.2) is 45.9 Å². The number of benzene rings is 3. The Balaban J connectivity index is 1.79. The molecule has 1 N–H and O–H groups in total. The van der Waals surface area contributed by atoms with Crippen molar-refractivity contribution < 1.29 is 22.7 Å². The lowest BCUT2D eigenvalue weighted by Crippen LogP contribution is -2.41. The van der Waals surface area contributed by atoms with Gasteiger partial charge >= 0.3 is 0 Å². The number of carbonyl (C=O) groups excluding carboxylic acids is 1. The Kier molecular flexibility index (Phi) is 8.67. The summed E-state index contributed by atoms with van der Waals surface area (Å²) >= 11 is 0. The lowest BCUT2D eigenvalue weighted by atomic mass is 10.1. The zero-order valence-electron chi connectivity index (χ0n) is 19.7. The Hall–Kier alpha value is -3.36. The molecule has 0 aliphatic carbocycles. The van der Waals surface area contributed by atoms with Crippen LogP contribution in [0.1, 0.15) is 16.7 Å². The third kappa shape index (κ3) is 6.36. The van der Waals surface area contributed by atoms with Crippen LogP contribution in [0, 0.1) is 6.92 Å².